The highest BCUT2D eigenvalue weighted by Crippen LogP contribution is 2.42. The Morgan fingerprint density at radius 3 is 2.20 bits per heavy atom. The van der Waals surface area contributed by atoms with Crippen molar-refractivity contribution in [3.8, 4) is 5.75 Å². The van der Waals surface area contributed by atoms with E-state index in [1.165, 1.54) is 6.07 Å². The standard InChI is InChI=1S/C8H4Cl4F2O/c1-3-4(9)2-5(10)7(6(3)11)15-8(12,13)14/h2H,1H3. The number of hydrogen-bond acceptors (Lipinski definition) is 1. The van der Waals surface area contributed by atoms with Crippen LogP contribution in [-0.4, -0.2) is 5.57 Å². The predicted molar refractivity (Wildman–Crippen MR) is 57.6 cm³/mol. The Morgan fingerprint density at radius 1 is 1.20 bits per heavy atom. The van der Waals surface area contributed by atoms with Crippen LogP contribution >= 0.6 is 46.4 Å². The molecule has 0 bridgehead atoms. The van der Waals surface area contributed by atoms with Gasteiger partial charge in [0.05, 0.1) is 10.0 Å². The Bertz CT molecular complexity index is 389. The summed E-state index contributed by atoms with van der Waals surface area (Å²) in [4.78, 5) is 0. The topological polar surface area (TPSA) is 9.23 Å². The molecule has 15 heavy (non-hydrogen) atoms. The van der Waals surface area contributed by atoms with Crippen molar-refractivity contribution < 1.29 is 13.5 Å². The maximum Gasteiger partial charge on any atom is 0.487 e. The minimum Gasteiger partial charge on any atom is -0.417 e. The van der Waals surface area contributed by atoms with Gasteiger partial charge in [-0.25, -0.2) is 0 Å². The van der Waals surface area contributed by atoms with E-state index in [1.807, 2.05) is 0 Å². The van der Waals surface area contributed by atoms with E-state index in [0.29, 0.717) is 5.56 Å². The van der Waals surface area contributed by atoms with Gasteiger partial charge in [-0.2, -0.15) is 0 Å². The van der Waals surface area contributed by atoms with Crippen LogP contribution in [-0.2, 0) is 0 Å². The molecular weight excluding hydrogens is 292 g/mol. The van der Waals surface area contributed by atoms with Gasteiger partial charge in [0.15, 0.2) is 5.75 Å². The molecule has 0 N–H and O–H groups in total. The largest absolute Gasteiger partial charge is 0.487 e. The smallest absolute Gasteiger partial charge is 0.417 e. The molecule has 1 aromatic rings. The minimum atomic E-state index is -3.87. The molecule has 0 saturated heterocycles. The minimum absolute atomic E-state index is 0.0900. The zero-order valence-corrected chi connectivity index (χ0v) is 10.3. The van der Waals surface area contributed by atoms with Crippen LogP contribution in [0.5, 0.6) is 5.75 Å². The first-order valence-electron chi connectivity index (χ1n) is 3.62. The Balaban J connectivity index is 3.24. The summed E-state index contributed by atoms with van der Waals surface area (Å²) in [6.45, 7) is 1.54. The molecule has 0 aromatic heterocycles. The second kappa shape index (κ2) is 4.50. The lowest BCUT2D eigenvalue weighted by Crippen LogP contribution is -2.16. The SMILES string of the molecule is Cc1c(Cl)cc(Cl)c(OC(F)(F)Cl)c1Cl. The maximum atomic E-state index is 12.4. The Hall–Kier alpha value is 0.0400. The molecule has 0 saturated carbocycles. The van der Waals surface area contributed by atoms with Crippen molar-refractivity contribution in [1.82, 2.24) is 0 Å². The van der Waals surface area contributed by atoms with Crippen LogP contribution in [0.25, 0.3) is 0 Å². The molecule has 0 aliphatic carbocycles. The van der Waals surface area contributed by atoms with E-state index in [-0.39, 0.29) is 20.8 Å². The second-order valence-electron chi connectivity index (χ2n) is 2.66. The summed E-state index contributed by atoms with van der Waals surface area (Å²) in [5.41, 5.74) is -3.48. The molecule has 0 atom stereocenters. The van der Waals surface area contributed by atoms with E-state index in [9.17, 15) is 8.78 Å². The lowest BCUT2D eigenvalue weighted by molar-refractivity contribution is -0.0963. The van der Waals surface area contributed by atoms with E-state index in [1.54, 1.807) is 6.92 Å². The number of alkyl halides is 3. The van der Waals surface area contributed by atoms with Crippen LogP contribution in [0, 0.1) is 6.92 Å². The van der Waals surface area contributed by atoms with E-state index < -0.39 is 5.57 Å². The molecular formula is C8H4Cl4F2O. The molecule has 7 heteroatoms. The van der Waals surface area contributed by atoms with E-state index in [0.717, 1.165) is 0 Å². The van der Waals surface area contributed by atoms with Gasteiger partial charge in [-0.15, -0.1) is 8.78 Å². The van der Waals surface area contributed by atoms with Gasteiger partial charge in [-0.1, -0.05) is 34.8 Å². The highest BCUT2D eigenvalue weighted by molar-refractivity contribution is 6.41. The van der Waals surface area contributed by atoms with Gasteiger partial charge < -0.3 is 4.74 Å². The molecule has 0 heterocycles. The highest BCUT2D eigenvalue weighted by Gasteiger charge is 2.30. The first-order chi connectivity index (χ1) is 6.72. The molecule has 0 spiro atoms. The van der Waals surface area contributed by atoms with Crippen LogP contribution in [0.15, 0.2) is 6.07 Å². The Labute approximate surface area is 105 Å². The highest BCUT2D eigenvalue weighted by atomic mass is 35.5. The van der Waals surface area contributed by atoms with Gasteiger partial charge in [0.25, 0.3) is 0 Å². The van der Waals surface area contributed by atoms with Gasteiger partial charge in [0, 0.05) is 16.6 Å². The van der Waals surface area contributed by atoms with Crippen molar-refractivity contribution in [3.63, 3.8) is 0 Å². The van der Waals surface area contributed by atoms with Crippen molar-refractivity contribution in [2.45, 2.75) is 12.5 Å². The Kier molecular flexibility index (Phi) is 3.93. The van der Waals surface area contributed by atoms with Crippen LogP contribution in [0.4, 0.5) is 8.78 Å². The third kappa shape index (κ3) is 3.25. The van der Waals surface area contributed by atoms with Crippen LogP contribution < -0.4 is 4.74 Å². The van der Waals surface area contributed by atoms with E-state index in [2.05, 4.69) is 16.3 Å². The zero-order valence-electron chi connectivity index (χ0n) is 7.25. The van der Waals surface area contributed by atoms with Crippen molar-refractivity contribution in [2.24, 2.45) is 0 Å². The normalized spacial score (nSPS) is 11.7. The third-order valence-electron chi connectivity index (χ3n) is 1.57. The zero-order chi connectivity index (χ0) is 11.8. The molecule has 0 unspecified atom stereocenters. The number of rotatable bonds is 2. The summed E-state index contributed by atoms with van der Waals surface area (Å²) in [6.07, 6.45) is 0. The number of halogens is 6. The second-order valence-corrected chi connectivity index (χ2v) is 4.29. The number of benzene rings is 1. The summed E-state index contributed by atoms with van der Waals surface area (Å²) >= 11 is 21.7. The van der Waals surface area contributed by atoms with Gasteiger partial charge in [-0.05, 0) is 18.6 Å². The van der Waals surface area contributed by atoms with Crippen LogP contribution in [0.3, 0.4) is 0 Å². The van der Waals surface area contributed by atoms with Gasteiger partial charge >= 0.3 is 5.57 Å². The van der Waals surface area contributed by atoms with E-state index in [4.69, 9.17) is 34.8 Å². The summed E-state index contributed by atoms with van der Waals surface area (Å²) in [6, 6.07) is 1.25. The monoisotopic (exact) mass is 294 g/mol. The fourth-order valence-electron chi connectivity index (χ4n) is 0.874. The molecule has 0 fully saturated rings. The van der Waals surface area contributed by atoms with E-state index >= 15 is 0 Å². The molecule has 0 aliphatic rings. The fourth-order valence-corrected chi connectivity index (χ4v) is 1.79. The summed E-state index contributed by atoms with van der Waals surface area (Å²) < 4.78 is 28.9. The first-order valence-corrected chi connectivity index (χ1v) is 5.13. The summed E-state index contributed by atoms with van der Waals surface area (Å²) in [7, 11) is 0. The molecule has 0 radical (unpaired) electrons. The van der Waals surface area contributed by atoms with Crippen LogP contribution in [0.1, 0.15) is 5.56 Å². The van der Waals surface area contributed by atoms with Gasteiger partial charge in [0.2, 0.25) is 0 Å². The average molecular weight is 296 g/mol. The molecule has 1 nitrogen and oxygen atoms in total. The predicted octanol–water partition coefficient (Wildman–Crippen LogP) is 5.12. The lowest BCUT2D eigenvalue weighted by Gasteiger charge is -2.15. The number of ether oxygens (including phenoxy) is 1. The maximum absolute atomic E-state index is 12.4. The third-order valence-corrected chi connectivity index (χ3v) is 2.78. The number of hydrogen-bond donors (Lipinski definition) is 0. The first kappa shape index (κ1) is 13.1. The van der Waals surface area contributed by atoms with Gasteiger partial charge in [-0.3, -0.25) is 0 Å². The average Bonchev–Trinajstić information content (AvgIpc) is 2.07. The summed E-state index contributed by atoms with van der Waals surface area (Å²) in [5.74, 6) is -0.389. The quantitative estimate of drug-likeness (QED) is 0.688. The molecule has 1 aromatic carbocycles. The van der Waals surface area contributed by atoms with Crippen molar-refractivity contribution >= 4 is 46.4 Å². The Morgan fingerprint density at radius 2 is 1.73 bits per heavy atom. The molecule has 0 amide bonds. The fraction of sp³-hybridized carbons (Fsp3) is 0.250. The van der Waals surface area contributed by atoms with Crippen molar-refractivity contribution in [1.29, 1.82) is 0 Å². The summed E-state index contributed by atoms with van der Waals surface area (Å²) in [5, 5.41) is 0.0407. The van der Waals surface area contributed by atoms with Crippen molar-refractivity contribution in [2.75, 3.05) is 0 Å². The molecule has 84 valence electrons. The molecule has 0 aliphatic heterocycles. The molecule has 1 rings (SSSR count). The van der Waals surface area contributed by atoms with Crippen LogP contribution in [0.2, 0.25) is 15.1 Å². The van der Waals surface area contributed by atoms with Crippen molar-refractivity contribution in [3.05, 3.63) is 26.7 Å². The lowest BCUT2D eigenvalue weighted by atomic mass is 10.2. The van der Waals surface area contributed by atoms with Gasteiger partial charge in [0.1, 0.15) is 0 Å².